The fraction of sp³-hybridized carbons (Fsp3) is 0.300. The van der Waals surface area contributed by atoms with Crippen molar-refractivity contribution in [3.05, 3.63) is 72.6 Å². The number of hydrogen-bond acceptors (Lipinski definition) is 7. The summed E-state index contributed by atoms with van der Waals surface area (Å²) in [5.74, 6) is 0.991. The van der Waals surface area contributed by atoms with Gasteiger partial charge in [0, 0.05) is 25.5 Å². The van der Waals surface area contributed by atoms with Gasteiger partial charge >= 0.3 is 0 Å². The highest BCUT2D eigenvalue weighted by atomic mass is 32.2. The molecule has 1 saturated heterocycles. The third-order valence-corrected chi connectivity index (χ3v) is 7.16. The molecule has 0 saturated carbocycles. The summed E-state index contributed by atoms with van der Waals surface area (Å²) in [5.41, 5.74) is 0.687. The molecule has 3 aromatic heterocycles. The average molecular weight is 412 g/mol. The van der Waals surface area contributed by atoms with Crippen LogP contribution < -0.4 is 4.74 Å². The molecule has 5 rings (SSSR count). The van der Waals surface area contributed by atoms with Crippen LogP contribution in [0.25, 0.3) is 0 Å². The number of sulfonamides is 1. The number of aromatic nitrogens is 2. The molecule has 0 unspecified atom stereocenters. The molecule has 1 fully saturated rings. The highest BCUT2D eigenvalue weighted by molar-refractivity contribution is 7.89. The fourth-order valence-electron chi connectivity index (χ4n) is 3.94. The van der Waals surface area contributed by atoms with Crippen LogP contribution in [0.1, 0.15) is 11.5 Å². The summed E-state index contributed by atoms with van der Waals surface area (Å²) in [6.07, 6.45) is 4.52. The molecule has 2 aliphatic heterocycles. The van der Waals surface area contributed by atoms with Crippen molar-refractivity contribution >= 4 is 10.0 Å². The molecule has 8 nitrogen and oxygen atoms in total. The van der Waals surface area contributed by atoms with Gasteiger partial charge in [-0.1, -0.05) is 6.07 Å². The van der Waals surface area contributed by atoms with Crippen molar-refractivity contribution < 1.29 is 17.6 Å². The Morgan fingerprint density at radius 3 is 2.69 bits per heavy atom. The van der Waals surface area contributed by atoms with Crippen LogP contribution in [0.15, 0.2) is 70.4 Å². The van der Waals surface area contributed by atoms with Crippen LogP contribution >= 0.6 is 0 Å². The van der Waals surface area contributed by atoms with Crippen molar-refractivity contribution in [2.75, 3.05) is 13.1 Å². The van der Waals surface area contributed by atoms with E-state index < -0.39 is 10.0 Å². The lowest BCUT2D eigenvalue weighted by Crippen LogP contribution is -2.46. The average Bonchev–Trinajstić information content (AvgIpc) is 3.36. The van der Waals surface area contributed by atoms with E-state index in [1.165, 1.54) is 4.31 Å². The van der Waals surface area contributed by atoms with Crippen LogP contribution in [0.5, 0.6) is 5.88 Å². The number of rotatable bonds is 4. The summed E-state index contributed by atoms with van der Waals surface area (Å²) in [6.45, 7) is 1.88. The molecule has 0 N–H and O–H groups in total. The van der Waals surface area contributed by atoms with E-state index in [-0.39, 0.29) is 29.5 Å². The van der Waals surface area contributed by atoms with Gasteiger partial charge < -0.3 is 9.15 Å². The van der Waals surface area contributed by atoms with E-state index in [0.717, 1.165) is 5.76 Å². The van der Waals surface area contributed by atoms with Crippen molar-refractivity contribution in [3.8, 4) is 5.88 Å². The van der Waals surface area contributed by atoms with Crippen LogP contribution in [0.4, 0.5) is 0 Å². The Hall–Kier alpha value is -2.75. The van der Waals surface area contributed by atoms with E-state index in [1.807, 2.05) is 30.3 Å². The van der Waals surface area contributed by atoms with Crippen LogP contribution in [0, 0.1) is 0 Å². The van der Waals surface area contributed by atoms with Gasteiger partial charge in [0.25, 0.3) is 0 Å². The fourth-order valence-corrected chi connectivity index (χ4v) is 5.63. The van der Waals surface area contributed by atoms with Gasteiger partial charge in [-0.3, -0.25) is 9.88 Å². The van der Waals surface area contributed by atoms with E-state index in [9.17, 15) is 8.42 Å². The minimum absolute atomic E-state index is 0.0999. The number of hydrogen-bond donors (Lipinski definition) is 0. The first-order chi connectivity index (χ1) is 14.1. The van der Waals surface area contributed by atoms with Crippen molar-refractivity contribution in [1.82, 2.24) is 19.2 Å². The predicted molar refractivity (Wildman–Crippen MR) is 103 cm³/mol. The number of nitrogens with zero attached hydrogens (tertiary/aromatic N) is 4. The molecule has 0 spiro atoms. The maximum Gasteiger partial charge on any atom is 0.249 e. The maximum atomic E-state index is 13.5. The molecule has 0 radical (unpaired) electrons. The zero-order valence-corrected chi connectivity index (χ0v) is 16.4. The van der Waals surface area contributed by atoms with Crippen LogP contribution in [0.2, 0.25) is 0 Å². The predicted octanol–water partition coefficient (Wildman–Crippen LogP) is 1.91. The summed E-state index contributed by atoms with van der Waals surface area (Å²) in [7, 11) is -3.80. The largest absolute Gasteiger partial charge is 0.470 e. The van der Waals surface area contributed by atoms with Gasteiger partial charge in [-0.15, -0.1) is 0 Å². The van der Waals surface area contributed by atoms with E-state index in [0.29, 0.717) is 25.3 Å². The first kappa shape index (κ1) is 18.3. The Morgan fingerprint density at radius 2 is 1.90 bits per heavy atom. The van der Waals surface area contributed by atoms with Crippen molar-refractivity contribution in [1.29, 1.82) is 0 Å². The molecule has 0 bridgehead atoms. The third kappa shape index (κ3) is 3.41. The summed E-state index contributed by atoms with van der Waals surface area (Å²) >= 11 is 0. The van der Waals surface area contributed by atoms with Crippen LogP contribution in [-0.2, 0) is 23.1 Å². The number of pyridine rings is 2. The molecule has 2 atom stereocenters. The molecule has 9 heteroatoms. The number of fused-ring (bicyclic) bond motifs is 2. The third-order valence-electron chi connectivity index (χ3n) is 5.27. The number of furan rings is 1. The Kier molecular flexibility index (Phi) is 4.57. The second-order valence-corrected chi connectivity index (χ2v) is 9.03. The van der Waals surface area contributed by atoms with Gasteiger partial charge in [-0.2, -0.15) is 4.31 Å². The topological polar surface area (TPSA) is 88.8 Å². The SMILES string of the molecule is O=S1(=O)c2cccnc2O[C@@H]2CN(Cc3ccco3)C[C@@H]2N1Cc1ccccn1. The van der Waals surface area contributed by atoms with Gasteiger partial charge in [-0.05, 0) is 36.4 Å². The standard InChI is InChI=1S/C20H20N4O4S/c25-29(26)19-7-3-9-22-20(19)28-18-14-23(12-16-6-4-10-27-16)13-17(18)24(29)11-15-5-1-2-8-21-15/h1-10,17-18H,11-14H2/t17-,18+/m0/s1. The summed E-state index contributed by atoms with van der Waals surface area (Å²) in [4.78, 5) is 10.8. The quantitative estimate of drug-likeness (QED) is 0.647. The van der Waals surface area contributed by atoms with Crippen LogP contribution in [-0.4, -0.2) is 52.8 Å². The Labute approximate surface area is 168 Å². The molecular formula is C20H20N4O4S. The zero-order chi connectivity index (χ0) is 19.8. The lowest BCUT2D eigenvalue weighted by atomic mass is 10.2. The Balaban J connectivity index is 1.52. The first-order valence-electron chi connectivity index (χ1n) is 9.39. The van der Waals surface area contributed by atoms with E-state index in [4.69, 9.17) is 9.15 Å². The molecule has 29 heavy (non-hydrogen) atoms. The summed E-state index contributed by atoms with van der Waals surface area (Å²) in [6, 6.07) is 12.1. The summed E-state index contributed by atoms with van der Waals surface area (Å²) in [5, 5.41) is 0. The second-order valence-electron chi connectivity index (χ2n) is 7.18. The van der Waals surface area contributed by atoms with Crippen LogP contribution in [0.3, 0.4) is 0 Å². The summed E-state index contributed by atoms with van der Waals surface area (Å²) < 4.78 is 40.1. The lowest BCUT2D eigenvalue weighted by molar-refractivity contribution is 0.143. The van der Waals surface area contributed by atoms with Gasteiger partial charge in [0.1, 0.15) is 16.8 Å². The van der Waals surface area contributed by atoms with Gasteiger partial charge in [-0.25, -0.2) is 13.4 Å². The monoisotopic (exact) mass is 412 g/mol. The highest BCUT2D eigenvalue weighted by Gasteiger charge is 2.47. The first-order valence-corrected chi connectivity index (χ1v) is 10.8. The minimum Gasteiger partial charge on any atom is -0.470 e. The van der Waals surface area contributed by atoms with Crippen molar-refractivity contribution in [2.45, 2.75) is 30.1 Å². The Bertz CT molecular complexity index is 1090. The molecule has 150 valence electrons. The molecular weight excluding hydrogens is 392 g/mol. The Morgan fingerprint density at radius 1 is 1.00 bits per heavy atom. The molecule has 5 heterocycles. The number of ether oxygens (including phenoxy) is 1. The van der Waals surface area contributed by atoms with Crippen molar-refractivity contribution in [2.24, 2.45) is 0 Å². The number of likely N-dealkylation sites (tertiary alicyclic amines) is 1. The smallest absolute Gasteiger partial charge is 0.249 e. The highest BCUT2D eigenvalue weighted by Crippen LogP contribution is 2.35. The minimum atomic E-state index is -3.80. The molecule has 0 amide bonds. The second kappa shape index (κ2) is 7.25. The van der Waals surface area contributed by atoms with Gasteiger partial charge in [0.05, 0.1) is 31.1 Å². The molecule has 0 aromatic carbocycles. The van der Waals surface area contributed by atoms with Gasteiger partial charge in [0.15, 0.2) is 0 Å². The molecule has 2 aliphatic rings. The maximum absolute atomic E-state index is 13.5. The molecule has 0 aliphatic carbocycles. The van der Waals surface area contributed by atoms with E-state index >= 15 is 0 Å². The van der Waals surface area contributed by atoms with Crippen molar-refractivity contribution in [3.63, 3.8) is 0 Å². The zero-order valence-electron chi connectivity index (χ0n) is 15.6. The lowest BCUT2D eigenvalue weighted by Gasteiger charge is -2.27. The normalized spacial score (nSPS) is 23.7. The van der Waals surface area contributed by atoms with E-state index in [1.54, 1.807) is 30.8 Å². The molecule has 3 aromatic rings. The van der Waals surface area contributed by atoms with Gasteiger partial charge in [0.2, 0.25) is 15.9 Å². The van der Waals surface area contributed by atoms with E-state index in [2.05, 4.69) is 14.9 Å².